The minimum Gasteiger partial charge on any atom is -0.508 e. The molecule has 0 radical (unpaired) electrons. The Kier molecular flexibility index (Phi) is 4.83. The van der Waals surface area contributed by atoms with E-state index in [2.05, 4.69) is 24.1 Å². The van der Waals surface area contributed by atoms with Crippen LogP contribution in [0.3, 0.4) is 0 Å². The van der Waals surface area contributed by atoms with E-state index in [4.69, 9.17) is 9.47 Å². The zero-order valence-corrected chi connectivity index (χ0v) is 16.6. The average Bonchev–Trinajstić information content (AvgIpc) is 3.42. The molecule has 1 heterocycles. The van der Waals surface area contributed by atoms with E-state index in [9.17, 15) is 5.11 Å². The number of thiophene rings is 1. The van der Waals surface area contributed by atoms with Gasteiger partial charge in [0.25, 0.3) is 0 Å². The standard InChI is InChI=1S/C23H24O3S/c1-14-4-5-17(21(24)8-14)12-26-19-10-20(16-6-7-16)23-18(9-15(2)25-3)13-27-22(23)11-19/h4-5,8,10-11,13,16,24H,2,6-7,9,12H2,1,3H3. The molecule has 140 valence electrons. The van der Waals surface area contributed by atoms with Crippen molar-refractivity contribution in [2.75, 3.05) is 7.11 Å². The smallest absolute Gasteiger partial charge is 0.122 e. The van der Waals surface area contributed by atoms with Crippen molar-refractivity contribution < 1.29 is 14.6 Å². The molecule has 1 fully saturated rings. The third-order valence-corrected chi connectivity index (χ3v) is 6.06. The van der Waals surface area contributed by atoms with Crippen molar-refractivity contribution in [2.24, 2.45) is 0 Å². The van der Waals surface area contributed by atoms with Gasteiger partial charge < -0.3 is 14.6 Å². The first-order valence-electron chi connectivity index (χ1n) is 9.22. The molecule has 0 spiro atoms. The van der Waals surface area contributed by atoms with Gasteiger partial charge in [-0.1, -0.05) is 18.7 Å². The van der Waals surface area contributed by atoms with Gasteiger partial charge in [-0.2, -0.15) is 0 Å². The Balaban J connectivity index is 1.63. The summed E-state index contributed by atoms with van der Waals surface area (Å²) in [6, 6.07) is 9.97. The maximum Gasteiger partial charge on any atom is 0.122 e. The molecular weight excluding hydrogens is 356 g/mol. The summed E-state index contributed by atoms with van der Waals surface area (Å²) in [7, 11) is 1.67. The van der Waals surface area contributed by atoms with Crippen molar-refractivity contribution in [3.8, 4) is 11.5 Å². The van der Waals surface area contributed by atoms with Gasteiger partial charge in [0, 0.05) is 16.7 Å². The van der Waals surface area contributed by atoms with Crippen LogP contribution in [-0.4, -0.2) is 12.2 Å². The van der Waals surface area contributed by atoms with Crippen molar-refractivity contribution >= 4 is 21.4 Å². The van der Waals surface area contributed by atoms with Crippen molar-refractivity contribution in [1.82, 2.24) is 0 Å². The van der Waals surface area contributed by atoms with Gasteiger partial charge >= 0.3 is 0 Å². The lowest BCUT2D eigenvalue weighted by Crippen LogP contribution is -1.98. The number of fused-ring (bicyclic) bond motifs is 1. The minimum atomic E-state index is 0.287. The molecule has 2 aromatic carbocycles. The third kappa shape index (κ3) is 3.81. The fourth-order valence-electron chi connectivity index (χ4n) is 3.41. The van der Waals surface area contributed by atoms with Gasteiger partial charge in [0.05, 0.1) is 12.9 Å². The Morgan fingerprint density at radius 3 is 2.74 bits per heavy atom. The summed E-state index contributed by atoms with van der Waals surface area (Å²) >= 11 is 1.74. The van der Waals surface area contributed by atoms with E-state index in [1.807, 2.05) is 19.1 Å². The Morgan fingerprint density at radius 2 is 2.04 bits per heavy atom. The molecule has 1 N–H and O–H groups in total. The van der Waals surface area contributed by atoms with E-state index in [1.165, 1.54) is 34.1 Å². The number of benzene rings is 2. The molecule has 1 saturated carbocycles. The van der Waals surface area contributed by atoms with Crippen LogP contribution in [0.5, 0.6) is 11.5 Å². The van der Waals surface area contributed by atoms with Crippen molar-refractivity contribution in [3.63, 3.8) is 0 Å². The number of phenols is 1. The largest absolute Gasteiger partial charge is 0.508 e. The maximum absolute atomic E-state index is 10.1. The van der Waals surface area contributed by atoms with Gasteiger partial charge in [-0.05, 0) is 71.3 Å². The van der Waals surface area contributed by atoms with Gasteiger partial charge in [-0.15, -0.1) is 11.3 Å². The molecular formula is C23H24O3S. The first kappa shape index (κ1) is 17.9. The molecule has 1 aliphatic rings. The van der Waals surface area contributed by atoms with Gasteiger partial charge in [-0.3, -0.25) is 0 Å². The Bertz CT molecular complexity index is 998. The monoisotopic (exact) mass is 380 g/mol. The molecule has 3 nitrogen and oxygen atoms in total. The normalized spacial score (nSPS) is 13.7. The first-order chi connectivity index (χ1) is 13.0. The number of phenolic OH excluding ortho intramolecular Hbond substituents is 1. The zero-order valence-electron chi connectivity index (χ0n) is 15.7. The summed E-state index contributed by atoms with van der Waals surface area (Å²) in [5.74, 6) is 2.55. The molecule has 0 bridgehead atoms. The van der Waals surface area contributed by atoms with Crippen molar-refractivity contribution in [1.29, 1.82) is 0 Å². The highest BCUT2D eigenvalue weighted by Crippen LogP contribution is 2.47. The summed E-state index contributed by atoms with van der Waals surface area (Å²) in [6.45, 7) is 6.30. The van der Waals surface area contributed by atoms with Crippen LogP contribution in [0.2, 0.25) is 0 Å². The highest BCUT2D eigenvalue weighted by Gasteiger charge is 2.27. The van der Waals surface area contributed by atoms with Gasteiger partial charge in [-0.25, -0.2) is 0 Å². The second-order valence-corrected chi connectivity index (χ2v) is 8.17. The predicted octanol–water partition coefficient (Wildman–Crippen LogP) is 6.07. The van der Waals surface area contributed by atoms with Crippen LogP contribution < -0.4 is 4.74 Å². The van der Waals surface area contributed by atoms with E-state index in [0.29, 0.717) is 12.5 Å². The summed E-state index contributed by atoms with van der Waals surface area (Å²) < 4.78 is 12.6. The van der Waals surface area contributed by atoms with E-state index in [1.54, 1.807) is 24.5 Å². The Hall–Kier alpha value is -2.46. The van der Waals surface area contributed by atoms with Gasteiger partial charge in [0.15, 0.2) is 0 Å². The molecule has 0 saturated heterocycles. The van der Waals surface area contributed by atoms with Crippen LogP contribution in [0.1, 0.15) is 41.0 Å². The topological polar surface area (TPSA) is 38.7 Å². The van der Waals surface area contributed by atoms with Crippen LogP contribution in [0.4, 0.5) is 0 Å². The highest BCUT2D eigenvalue weighted by atomic mass is 32.1. The first-order valence-corrected chi connectivity index (χ1v) is 10.1. The maximum atomic E-state index is 10.1. The van der Waals surface area contributed by atoms with Crippen molar-refractivity contribution in [2.45, 2.75) is 38.7 Å². The number of hydrogen-bond acceptors (Lipinski definition) is 4. The number of rotatable bonds is 7. The molecule has 27 heavy (non-hydrogen) atoms. The molecule has 1 aliphatic carbocycles. The molecule has 4 heteroatoms. The Labute approximate surface area is 163 Å². The molecule has 4 rings (SSSR count). The summed E-state index contributed by atoms with van der Waals surface area (Å²) in [6.07, 6.45) is 3.21. The van der Waals surface area contributed by atoms with Crippen LogP contribution in [0.25, 0.3) is 10.1 Å². The third-order valence-electron chi connectivity index (χ3n) is 5.08. The number of hydrogen-bond donors (Lipinski definition) is 1. The SMILES string of the molecule is C=C(Cc1csc2cc(OCc3ccc(C)cc3O)cc(C3CC3)c12)OC. The van der Waals surface area contributed by atoms with Crippen LogP contribution in [-0.2, 0) is 17.8 Å². The average molecular weight is 381 g/mol. The summed E-state index contributed by atoms with van der Waals surface area (Å²) in [5, 5.41) is 13.7. The number of aromatic hydroxyl groups is 1. The molecule has 1 aromatic heterocycles. The molecule has 0 unspecified atom stereocenters. The van der Waals surface area contributed by atoms with Crippen LogP contribution in [0.15, 0.2) is 48.0 Å². The van der Waals surface area contributed by atoms with E-state index >= 15 is 0 Å². The van der Waals surface area contributed by atoms with E-state index in [-0.39, 0.29) is 5.75 Å². The van der Waals surface area contributed by atoms with Gasteiger partial charge in [0.2, 0.25) is 0 Å². The van der Waals surface area contributed by atoms with Gasteiger partial charge in [0.1, 0.15) is 18.1 Å². The van der Waals surface area contributed by atoms with Crippen LogP contribution >= 0.6 is 11.3 Å². The molecule has 0 amide bonds. The zero-order chi connectivity index (χ0) is 19.0. The quantitative estimate of drug-likeness (QED) is 0.505. The lowest BCUT2D eigenvalue weighted by atomic mass is 10.00. The number of allylic oxidation sites excluding steroid dienone is 1. The van der Waals surface area contributed by atoms with Crippen LogP contribution in [0, 0.1) is 6.92 Å². The summed E-state index contributed by atoms with van der Waals surface area (Å²) in [4.78, 5) is 0. The molecule has 0 aliphatic heterocycles. The fourth-order valence-corrected chi connectivity index (χ4v) is 4.43. The van der Waals surface area contributed by atoms with E-state index < -0.39 is 0 Å². The summed E-state index contributed by atoms with van der Waals surface area (Å²) in [5.41, 5.74) is 4.50. The lowest BCUT2D eigenvalue weighted by Gasteiger charge is -2.12. The number of aryl methyl sites for hydroxylation is 1. The predicted molar refractivity (Wildman–Crippen MR) is 111 cm³/mol. The lowest BCUT2D eigenvalue weighted by molar-refractivity contribution is 0.285. The molecule has 0 atom stereocenters. The minimum absolute atomic E-state index is 0.287. The van der Waals surface area contributed by atoms with Crippen molar-refractivity contribution in [3.05, 3.63) is 70.3 Å². The Morgan fingerprint density at radius 1 is 1.22 bits per heavy atom. The highest BCUT2D eigenvalue weighted by molar-refractivity contribution is 7.17. The number of ether oxygens (including phenoxy) is 2. The fraction of sp³-hybridized carbons (Fsp3) is 0.304. The second-order valence-electron chi connectivity index (χ2n) is 7.26. The van der Waals surface area contributed by atoms with E-state index in [0.717, 1.165) is 29.1 Å². The molecule has 3 aromatic rings. The second kappa shape index (κ2) is 7.28. The number of methoxy groups -OCH3 is 1.